The maximum Gasteiger partial charge on any atom is 0.350 e. The average Bonchev–Trinajstić information content (AvgIpc) is 2.38. The summed E-state index contributed by atoms with van der Waals surface area (Å²) in [7, 11) is -0.487. The lowest BCUT2D eigenvalue weighted by atomic mass is 10.3. The molecular formula is C11H15NO7S. The summed E-state index contributed by atoms with van der Waals surface area (Å²) in [5.74, 6) is -0.966. The Morgan fingerprint density at radius 2 is 1.90 bits per heavy atom. The van der Waals surface area contributed by atoms with Gasteiger partial charge in [-0.15, -0.1) is 0 Å². The molecule has 0 aromatic heterocycles. The van der Waals surface area contributed by atoms with Gasteiger partial charge in [0.05, 0.1) is 19.9 Å². The number of carboxylic acids is 1. The minimum atomic E-state index is -4.27. The van der Waals surface area contributed by atoms with Crippen LogP contribution in [0.2, 0.25) is 0 Å². The Balaban J connectivity index is 3.12. The fraction of sp³-hybridized carbons (Fsp3) is 0.364. The third kappa shape index (κ3) is 3.52. The monoisotopic (exact) mass is 305 g/mol. The fourth-order valence-corrected chi connectivity index (χ4v) is 2.55. The van der Waals surface area contributed by atoms with Crippen LogP contribution in [0.25, 0.3) is 0 Å². The van der Waals surface area contributed by atoms with Crippen molar-refractivity contribution in [2.45, 2.75) is 5.44 Å². The number of aliphatic carboxylic acids is 1. The van der Waals surface area contributed by atoms with Crippen molar-refractivity contribution in [1.82, 2.24) is 0 Å². The van der Waals surface area contributed by atoms with Gasteiger partial charge in [-0.3, -0.25) is 4.72 Å². The molecule has 2 N–H and O–H groups in total. The first-order chi connectivity index (χ1) is 9.35. The molecule has 20 heavy (non-hydrogen) atoms. The Hall–Kier alpha value is -2.00. The first-order valence-corrected chi connectivity index (χ1v) is 6.89. The summed E-state index contributed by atoms with van der Waals surface area (Å²) in [4.78, 5) is 10.8. The number of hydrogen-bond donors (Lipinski definition) is 2. The van der Waals surface area contributed by atoms with Crippen molar-refractivity contribution in [2.75, 3.05) is 26.1 Å². The van der Waals surface area contributed by atoms with E-state index < -0.39 is 21.4 Å². The molecule has 0 fully saturated rings. The van der Waals surface area contributed by atoms with Gasteiger partial charge in [-0.1, -0.05) is 0 Å². The molecule has 0 aliphatic heterocycles. The molecule has 0 aliphatic carbocycles. The van der Waals surface area contributed by atoms with Crippen LogP contribution in [0.4, 0.5) is 5.69 Å². The lowest BCUT2D eigenvalue weighted by Gasteiger charge is -2.16. The second-order valence-corrected chi connectivity index (χ2v) is 5.34. The smallest absolute Gasteiger partial charge is 0.350 e. The van der Waals surface area contributed by atoms with E-state index in [0.717, 1.165) is 7.11 Å². The molecule has 1 atom stereocenters. The van der Waals surface area contributed by atoms with Crippen molar-refractivity contribution in [3.05, 3.63) is 18.2 Å². The molecule has 0 bridgehead atoms. The topological polar surface area (TPSA) is 111 Å². The maximum absolute atomic E-state index is 11.9. The minimum absolute atomic E-state index is 0.0802. The SMILES string of the molecule is COc1ccc(NS(=O)(=O)C(OC)C(=O)O)c(OC)c1. The predicted octanol–water partition coefficient (Wildman–Crippen LogP) is 0.503. The van der Waals surface area contributed by atoms with Crippen LogP contribution in [-0.2, 0) is 19.6 Å². The third-order valence-electron chi connectivity index (χ3n) is 2.36. The van der Waals surface area contributed by atoms with E-state index >= 15 is 0 Å². The number of benzene rings is 1. The number of methoxy groups -OCH3 is 3. The number of carboxylic acid groups (broad SMARTS) is 1. The summed E-state index contributed by atoms with van der Waals surface area (Å²) in [6.45, 7) is 0. The van der Waals surface area contributed by atoms with Crippen molar-refractivity contribution in [3.63, 3.8) is 0 Å². The van der Waals surface area contributed by atoms with E-state index in [1.165, 1.54) is 32.4 Å². The van der Waals surface area contributed by atoms with Gasteiger partial charge in [-0.25, -0.2) is 13.2 Å². The standard InChI is InChI=1S/C11H15NO7S/c1-17-7-4-5-8(9(6-7)18-2)12-20(15,16)11(19-3)10(13)14/h4-6,11-12H,1-3H3,(H,13,14). The quantitative estimate of drug-likeness (QED) is 0.754. The Morgan fingerprint density at radius 3 is 2.35 bits per heavy atom. The Morgan fingerprint density at radius 1 is 1.25 bits per heavy atom. The van der Waals surface area contributed by atoms with Gasteiger partial charge in [0.2, 0.25) is 0 Å². The van der Waals surface area contributed by atoms with E-state index in [-0.39, 0.29) is 11.4 Å². The predicted molar refractivity (Wildman–Crippen MR) is 70.5 cm³/mol. The van der Waals surface area contributed by atoms with Crippen molar-refractivity contribution in [2.24, 2.45) is 0 Å². The van der Waals surface area contributed by atoms with Gasteiger partial charge in [0.15, 0.2) is 0 Å². The number of nitrogens with one attached hydrogen (secondary N) is 1. The van der Waals surface area contributed by atoms with Crippen LogP contribution in [0, 0.1) is 0 Å². The number of carbonyl (C=O) groups is 1. The van der Waals surface area contributed by atoms with E-state index in [4.69, 9.17) is 14.6 Å². The first kappa shape index (κ1) is 16.1. The maximum atomic E-state index is 11.9. The van der Waals surface area contributed by atoms with Gasteiger partial charge >= 0.3 is 5.97 Å². The van der Waals surface area contributed by atoms with Crippen molar-refractivity contribution in [1.29, 1.82) is 0 Å². The second-order valence-electron chi connectivity index (χ2n) is 3.62. The molecule has 8 nitrogen and oxygen atoms in total. The second kappa shape index (κ2) is 6.44. The zero-order chi connectivity index (χ0) is 15.3. The Labute approximate surface area is 116 Å². The van der Waals surface area contributed by atoms with Crippen LogP contribution in [0.3, 0.4) is 0 Å². The van der Waals surface area contributed by atoms with Crippen LogP contribution >= 0.6 is 0 Å². The van der Waals surface area contributed by atoms with Gasteiger partial charge in [0.1, 0.15) is 11.5 Å². The van der Waals surface area contributed by atoms with Gasteiger partial charge in [-0.2, -0.15) is 0 Å². The average molecular weight is 305 g/mol. The zero-order valence-corrected chi connectivity index (χ0v) is 11.9. The van der Waals surface area contributed by atoms with Gasteiger partial charge in [0, 0.05) is 13.2 Å². The van der Waals surface area contributed by atoms with Gasteiger partial charge in [-0.05, 0) is 12.1 Å². The van der Waals surface area contributed by atoms with Crippen LogP contribution in [0.1, 0.15) is 0 Å². The highest BCUT2D eigenvalue weighted by molar-refractivity contribution is 7.93. The highest BCUT2D eigenvalue weighted by atomic mass is 32.2. The molecule has 0 heterocycles. The number of ether oxygens (including phenoxy) is 3. The summed E-state index contributed by atoms with van der Waals surface area (Å²) in [5, 5.41) is 8.80. The van der Waals surface area contributed by atoms with Crippen molar-refractivity contribution < 1.29 is 32.5 Å². The minimum Gasteiger partial charge on any atom is -0.497 e. The van der Waals surface area contributed by atoms with Crippen LogP contribution < -0.4 is 14.2 Å². The molecule has 0 aliphatic rings. The van der Waals surface area contributed by atoms with Crippen molar-refractivity contribution in [3.8, 4) is 11.5 Å². The van der Waals surface area contributed by atoms with E-state index in [1.54, 1.807) is 0 Å². The highest BCUT2D eigenvalue weighted by Crippen LogP contribution is 2.30. The number of rotatable bonds is 7. The molecule has 0 spiro atoms. The number of hydrogen-bond acceptors (Lipinski definition) is 6. The summed E-state index contributed by atoms with van der Waals surface area (Å²) in [6.07, 6.45) is 0. The van der Waals surface area contributed by atoms with Crippen molar-refractivity contribution >= 4 is 21.7 Å². The normalized spacial score (nSPS) is 12.6. The molecule has 1 unspecified atom stereocenters. The molecular weight excluding hydrogens is 290 g/mol. The molecule has 1 rings (SSSR count). The molecule has 0 amide bonds. The Bertz CT molecular complexity index is 584. The summed E-state index contributed by atoms with van der Waals surface area (Å²) in [6, 6.07) is 4.35. The molecule has 0 saturated heterocycles. The molecule has 0 saturated carbocycles. The summed E-state index contributed by atoms with van der Waals surface area (Å²) in [5.41, 5.74) is -1.94. The molecule has 1 aromatic carbocycles. The molecule has 0 radical (unpaired) electrons. The van der Waals surface area contributed by atoms with Gasteiger partial charge < -0.3 is 19.3 Å². The Kier molecular flexibility index (Phi) is 5.17. The lowest BCUT2D eigenvalue weighted by Crippen LogP contribution is -2.36. The van der Waals surface area contributed by atoms with Gasteiger partial charge in [0.25, 0.3) is 15.5 Å². The van der Waals surface area contributed by atoms with E-state index in [9.17, 15) is 13.2 Å². The summed E-state index contributed by atoms with van der Waals surface area (Å²) < 4.78 is 40.3. The number of anilines is 1. The number of sulfonamides is 1. The zero-order valence-electron chi connectivity index (χ0n) is 11.1. The van der Waals surface area contributed by atoms with Crippen LogP contribution in [0.5, 0.6) is 11.5 Å². The molecule has 9 heteroatoms. The third-order valence-corrected chi connectivity index (χ3v) is 3.82. The largest absolute Gasteiger partial charge is 0.497 e. The first-order valence-electron chi connectivity index (χ1n) is 5.35. The van der Waals surface area contributed by atoms with Crippen LogP contribution in [-0.4, -0.2) is 46.3 Å². The molecule has 1 aromatic rings. The van der Waals surface area contributed by atoms with E-state index in [1.807, 2.05) is 0 Å². The fourth-order valence-electron chi connectivity index (χ4n) is 1.45. The van der Waals surface area contributed by atoms with E-state index in [2.05, 4.69) is 9.46 Å². The lowest BCUT2D eigenvalue weighted by molar-refractivity contribution is -0.143. The summed E-state index contributed by atoms with van der Waals surface area (Å²) >= 11 is 0. The highest BCUT2D eigenvalue weighted by Gasteiger charge is 2.33. The molecule has 112 valence electrons. The van der Waals surface area contributed by atoms with E-state index in [0.29, 0.717) is 5.75 Å². The van der Waals surface area contributed by atoms with Crippen LogP contribution in [0.15, 0.2) is 18.2 Å².